The van der Waals surface area contributed by atoms with Gasteiger partial charge in [-0.2, -0.15) is 0 Å². The monoisotopic (exact) mass is 276 g/mol. The van der Waals surface area contributed by atoms with E-state index in [1.54, 1.807) is 12.4 Å². The molecular weight excluding hydrogens is 258 g/mol. The second kappa shape index (κ2) is 6.57. The molecule has 2 rings (SSSR count). The maximum absolute atomic E-state index is 13.8. The molecule has 2 aromatic rings. The molecule has 1 unspecified atom stereocenters. The first-order valence-electron chi connectivity index (χ1n) is 6.69. The van der Waals surface area contributed by atoms with E-state index >= 15 is 0 Å². The first kappa shape index (κ1) is 14.6. The number of pyridine rings is 1. The van der Waals surface area contributed by atoms with Crippen LogP contribution in [0.5, 0.6) is 0 Å². The van der Waals surface area contributed by atoms with Crippen LogP contribution in [0.4, 0.5) is 8.78 Å². The minimum absolute atomic E-state index is 0.0336. The first-order chi connectivity index (χ1) is 9.61. The Bertz CT molecular complexity index is 584. The van der Waals surface area contributed by atoms with Crippen molar-refractivity contribution in [2.24, 2.45) is 0 Å². The van der Waals surface area contributed by atoms with Crippen LogP contribution in [-0.4, -0.2) is 11.5 Å². The number of aromatic nitrogens is 1. The van der Waals surface area contributed by atoms with Crippen LogP contribution in [0.2, 0.25) is 0 Å². The Morgan fingerprint density at radius 2 is 2.05 bits per heavy atom. The lowest BCUT2D eigenvalue weighted by Gasteiger charge is -2.20. The van der Waals surface area contributed by atoms with E-state index in [2.05, 4.69) is 10.3 Å². The van der Waals surface area contributed by atoms with Gasteiger partial charge in [-0.1, -0.05) is 13.0 Å². The Kier molecular flexibility index (Phi) is 4.79. The molecule has 20 heavy (non-hydrogen) atoms. The number of halogens is 2. The van der Waals surface area contributed by atoms with Crippen LogP contribution < -0.4 is 5.32 Å². The van der Waals surface area contributed by atoms with Crippen LogP contribution in [0, 0.1) is 18.6 Å². The Labute approximate surface area is 117 Å². The Morgan fingerprint density at radius 1 is 1.25 bits per heavy atom. The molecule has 0 bridgehead atoms. The maximum Gasteiger partial charge on any atom is 0.129 e. The number of benzene rings is 1. The van der Waals surface area contributed by atoms with Crippen molar-refractivity contribution in [2.75, 3.05) is 6.54 Å². The van der Waals surface area contributed by atoms with Crippen molar-refractivity contribution in [2.45, 2.75) is 26.3 Å². The van der Waals surface area contributed by atoms with Crippen LogP contribution in [-0.2, 0) is 6.42 Å². The van der Waals surface area contributed by atoms with Crippen molar-refractivity contribution in [3.63, 3.8) is 0 Å². The van der Waals surface area contributed by atoms with Gasteiger partial charge >= 0.3 is 0 Å². The molecule has 0 fully saturated rings. The zero-order valence-corrected chi connectivity index (χ0v) is 11.7. The zero-order chi connectivity index (χ0) is 14.5. The molecule has 106 valence electrons. The van der Waals surface area contributed by atoms with Crippen LogP contribution in [0.25, 0.3) is 0 Å². The summed E-state index contributed by atoms with van der Waals surface area (Å²) in [7, 11) is 0. The summed E-state index contributed by atoms with van der Waals surface area (Å²) in [6.45, 7) is 4.77. The fraction of sp³-hybridized carbons (Fsp3) is 0.312. The lowest BCUT2D eigenvalue weighted by molar-refractivity contribution is 0.518. The van der Waals surface area contributed by atoms with Crippen molar-refractivity contribution in [3.8, 4) is 0 Å². The van der Waals surface area contributed by atoms with Crippen LogP contribution in [0.1, 0.15) is 29.7 Å². The van der Waals surface area contributed by atoms with E-state index in [0.29, 0.717) is 12.0 Å². The molecule has 4 heteroatoms. The van der Waals surface area contributed by atoms with E-state index in [9.17, 15) is 8.78 Å². The van der Waals surface area contributed by atoms with Crippen molar-refractivity contribution in [1.29, 1.82) is 0 Å². The van der Waals surface area contributed by atoms with Gasteiger partial charge in [0.2, 0.25) is 0 Å². The van der Waals surface area contributed by atoms with Gasteiger partial charge in [0.05, 0.1) is 0 Å². The van der Waals surface area contributed by atoms with E-state index in [1.165, 1.54) is 12.1 Å². The number of nitrogens with one attached hydrogen (secondary N) is 1. The minimum atomic E-state index is -0.552. The summed E-state index contributed by atoms with van der Waals surface area (Å²) in [5.41, 5.74) is 2.65. The molecule has 0 saturated heterocycles. The molecule has 1 atom stereocenters. The fourth-order valence-electron chi connectivity index (χ4n) is 2.29. The third kappa shape index (κ3) is 3.39. The molecular formula is C16H18F2N2. The van der Waals surface area contributed by atoms with Crippen molar-refractivity contribution in [1.82, 2.24) is 10.3 Å². The third-order valence-electron chi connectivity index (χ3n) is 3.34. The molecule has 0 saturated carbocycles. The van der Waals surface area contributed by atoms with Crippen LogP contribution >= 0.6 is 0 Å². The smallest absolute Gasteiger partial charge is 0.129 e. The largest absolute Gasteiger partial charge is 0.310 e. The summed E-state index contributed by atoms with van der Waals surface area (Å²) in [6, 6.07) is 5.61. The molecule has 0 spiro atoms. The van der Waals surface area contributed by atoms with Crippen LogP contribution in [0.15, 0.2) is 36.7 Å². The zero-order valence-electron chi connectivity index (χ0n) is 11.7. The number of nitrogens with zero attached hydrogens (tertiary/aromatic N) is 1. The molecule has 0 radical (unpaired) electrons. The van der Waals surface area contributed by atoms with Crippen molar-refractivity contribution < 1.29 is 8.78 Å². The molecule has 2 nitrogen and oxygen atoms in total. The Balaban J connectivity index is 2.28. The van der Waals surface area contributed by atoms with E-state index in [1.807, 2.05) is 19.9 Å². The minimum Gasteiger partial charge on any atom is -0.310 e. The van der Waals surface area contributed by atoms with Gasteiger partial charge < -0.3 is 5.32 Å². The molecule has 1 N–H and O–H groups in total. The molecule has 0 aliphatic carbocycles. The van der Waals surface area contributed by atoms with Gasteiger partial charge in [-0.15, -0.1) is 0 Å². The number of rotatable bonds is 5. The predicted molar refractivity (Wildman–Crippen MR) is 75.5 cm³/mol. The SMILES string of the molecule is CCNC(Cc1ccc(F)cc1F)c1cnccc1C. The normalized spacial score (nSPS) is 12.4. The Hall–Kier alpha value is -1.81. The van der Waals surface area contributed by atoms with E-state index < -0.39 is 11.6 Å². The van der Waals surface area contributed by atoms with Gasteiger partial charge in [-0.05, 0) is 48.7 Å². The van der Waals surface area contributed by atoms with Gasteiger partial charge in [-0.25, -0.2) is 8.78 Å². The van der Waals surface area contributed by atoms with Gasteiger partial charge in [0.25, 0.3) is 0 Å². The van der Waals surface area contributed by atoms with Crippen molar-refractivity contribution >= 4 is 0 Å². The highest BCUT2D eigenvalue weighted by molar-refractivity contribution is 5.28. The molecule has 0 amide bonds. The maximum atomic E-state index is 13.8. The topological polar surface area (TPSA) is 24.9 Å². The standard InChI is InChI=1S/C16H18F2N2/c1-3-20-16(14-10-19-7-6-11(14)2)8-12-4-5-13(17)9-15(12)18/h4-7,9-10,16,20H,3,8H2,1-2H3. The van der Waals surface area contributed by atoms with E-state index in [4.69, 9.17) is 0 Å². The van der Waals surface area contributed by atoms with Crippen LogP contribution in [0.3, 0.4) is 0 Å². The average Bonchev–Trinajstić information content (AvgIpc) is 2.42. The quantitative estimate of drug-likeness (QED) is 0.903. The molecule has 1 heterocycles. The van der Waals surface area contributed by atoms with E-state index in [-0.39, 0.29) is 6.04 Å². The second-order valence-corrected chi connectivity index (χ2v) is 4.78. The highest BCUT2D eigenvalue weighted by Gasteiger charge is 2.16. The van der Waals surface area contributed by atoms with Gasteiger partial charge in [0, 0.05) is 24.5 Å². The van der Waals surface area contributed by atoms with Gasteiger partial charge in [0.15, 0.2) is 0 Å². The van der Waals surface area contributed by atoms with Gasteiger partial charge in [0.1, 0.15) is 11.6 Å². The summed E-state index contributed by atoms with van der Waals surface area (Å²) >= 11 is 0. The molecule has 0 aliphatic rings. The Morgan fingerprint density at radius 3 is 2.70 bits per heavy atom. The molecule has 1 aromatic carbocycles. The average molecular weight is 276 g/mol. The summed E-state index contributed by atoms with van der Waals surface area (Å²) in [6.07, 6.45) is 4.00. The highest BCUT2D eigenvalue weighted by atomic mass is 19.1. The lowest BCUT2D eigenvalue weighted by atomic mass is 9.96. The molecule has 1 aromatic heterocycles. The third-order valence-corrected chi connectivity index (χ3v) is 3.34. The summed E-state index contributed by atoms with van der Waals surface area (Å²) < 4.78 is 26.7. The fourth-order valence-corrected chi connectivity index (χ4v) is 2.29. The number of likely N-dealkylation sites (N-methyl/N-ethyl adjacent to an activating group) is 1. The lowest BCUT2D eigenvalue weighted by Crippen LogP contribution is -2.24. The number of hydrogen-bond acceptors (Lipinski definition) is 2. The number of aryl methyl sites for hydroxylation is 1. The second-order valence-electron chi connectivity index (χ2n) is 4.78. The summed E-state index contributed by atoms with van der Waals surface area (Å²) in [4.78, 5) is 4.13. The van der Waals surface area contributed by atoms with E-state index in [0.717, 1.165) is 23.7 Å². The number of hydrogen-bond donors (Lipinski definition) is 1. The molecule has 0 aliphatic heterocycles. The van der Waals surface area contributed by atoms with Crippen molar-refractivity contribution in [3.05, 3.63) is 65.0 Å². The summed E-state index contributed by atoms with van der Waals surface area (Å²) in [5, 5.41) is 3.33. The highest BCUT2D eigenvalue weighted by Crippen LogP contribution is 2.22. The predicted octanol–water partition coefficient (Wildman–Crippen LogP) is 3.56. The summed E-state index contributed by atoms with van der Waals surface area (Å²) in [5.74, 6) is -1.06. The van der Waals surface area contributed by atoms with Gasteiger partial charge in [-0.3, -0.25) is 4.98 Å². The first-order valence-corrected chi connectivity index (χ1v) is 6.69.